The van der Waals surface area contributed by atoms with Crippen molar-refractivity contribution in [1.82, 2.24) is 15.8 Å². The molecule has 0 radical (unpaired) electrons. The minimum Gasteiger partial charge on any atom is -0.361 e. The Morgan fingerprint density at radius 3 is 2.43 bits per heavy atom. The van der Waals surface area contributed by atoms with Crippen LogP contribution in [0.3, 0.4) is 0 Å². The van der Waals surface area contributed by atoms with Crippen molar-refractivity contribution in [2.24, 2.45) is 10.9 Å². The third-order valence-electron chi connectivity index (χ3n) is 3.87. The van der Waals surface area contributed by atoms with E-state index in [9.17, 15) is 0 Å². The molecule has 23 heavy (non-hydrogen) atoms. The van der Waals surface area contributed by atoms with E-state index in [1.807, 2.05) is 20.9 Å². The van der Waals surface area contributed by atoms with Gasteiger partial charge >= 0.3 is 0 Å². The van der Waals surface area contributed by atoms with Gasteiger partial charge in [0.2, 0.25) is 0 Å². The summed E-state index contributed by atoms with van der Waals surface area (Å²) in [7, 11) is 1.81. The molecule has 1 aromatic rings. The van der Waals surface area contributed by atoms with Gasteiger partial charge in [-0.1, -0.05) is 31.8 Å². The Hall–Kier alpha value is -0.790. The molecule has 0 aliphatic carbocycles. The molecule has 0 saturated heterocycles. The second-order valence-electron chi connectivity index (χ2n) is 6.42. The summed E-state index contributed by atoms with van der Waals surface area (Å²) in [5, 5.41) is 10.8. The molecule has 6 heteroatoms. The smallest absolute Gasteiger partial charge is 0.191 e. The van der Waals surface area contributed by atoms with Crippen molar-refractivity contribution in [2.75, 3.05) is 13.6 Å². The molecule has 1 aromatic heterocycles. The highest BCUT2D eigenvalue weighted by atomic mass is 127. The predicted octanol–water partition coefficient (Wildman–Crippen LogP) is 3.83. The Morgan fingerprint density at radius 1 is 1.22 bits per heavy atom. The van der Waals surface area contributed by atoms with Crippen molar-refractivity contribution in [3.8, 4) is 0 Å². The fraction of sp³-hybridized carbons (Fsp3) is 0.765. The van der Waals surface area contributed by atoms with E-state index in [2.05, 4.69) is 41.6 Å². The molecule has 1 atom stereocenters. The number of guanidine groups is 1. The number of rotatable bonds is 8. The summed E-state index contributed by atoms with van der Waals surface area (Å²) >= 11 is 0. The summed E-state index contributed by atoms with van der Waals surface area (Å²) in [6.07, 6.45) is 4.60. The molecule has 0 aromatic carbocycles. The summed E-state index contributed by atoms with van der Waals surface area (Å²) < 4.78 is 5.18. The number of nitrogens with zero attached hydrogens (tertiary/aromatic N) is 2. The molecule has 0 fully saturated rings. The molecule has 0 aliphatic heterocycles. The van der Waals surface area contributed by atoms with Crippen molar-refractivity contribution in [1.29, 1.82) is 0 Å². The van der Waals surface area contributed by atoms with Gasteiger partial charge in [0.15, 0.2) is 5.96 Å². The van der Waals surface area contributed by atoms with Crippen LogP contribution in [0.4, 0.5) is 0 Å². The lowest BCUT2D eigenvalue weighted by Gasteiger charge is -2.18. The van der Waals surface area contributed by atoms with Gasteiger partial charge < -0.3 is 15.2 Å². The zero-order chi connectivity index (χ0) is 16.5. The predicted molar refractivity (Wildman–Crippen MR) is 108 cm³/mol. The molecule has 0 amide bonds. The van der Waals surface area contributed by atoms with Crippen molar-refractivity contribution in [3.05, 3.63) is 17.0 Å². The van der Waals surface area contributed by atoms with Crippen LogP contribution in [0.15, 0.2) is 9.52 Å². The first kappa shape index (κ1) is 22.2. The van der Waals surface area contributed by atoms with E-state index in [1.165, 1.54) is 24.8 Å². The molecule has 2 N–H and O–H groups in total. The quantitative estimate of drug-likeness (QED) is 0.370. The van der Waals surface area contributed by atoms with Crippen LogP contribution in [-0.4, -0.2) is 30.8 Å². The van der Waals surface area contributed by atoms with Gasteiger partial charge in [-0.15, -0.1) is 24.0 Å². The van der Waals surface area contributed by atoms with Gasteiger partial charge in [-0.05, 0) is 39.5 Å². The van der Waals surface area contributed by atoms with Gasteiger partial charge in [0.25, 0.3) is 0 Å². The van der Waals surface area contributed by atoms with Crippen molar-refractivity contribution < 1.29 is 4.52 Å². The Bertz CT molecular complexity index is 452. The van der Waals surface area contributed by atoms with Crippen LogP contribution >= 0.6 is 24.0 Å². The lowest BCUT2D eigenvalue weighted by atomic mass is 10.0. The maximum atomic E-state index is 5.18. The highest BCUT2D eigenvalue weighted by Crippen LogP contribution is 2.12. The Kier molecular flexibility index (Phi) is 11.3. The standard InChI is InChI=1S/C17H32N4O.HI/c1-12(2)8-7-9-13(3)20-17(18-6)19-11-10-16-14(4)21-22-15(16)5;/h12-13H,7-11H2,1-6H3,(H2,18,19,20);1H. The van der Waals surface area contributed by atoms with E-state index in [-0.39, 0.29) is 24.0 Å². The third-order valence-corrected chi connectivity index (χ3v) is 3.87. The van der Waals surface area contributed by atoms with Gasteiger partial charge in [-0.3, -0.25) is 4.99 Å². The minimum absolute atomic E-state index is 0. The molecule has 1 unspecified atom stereocenters. The molecule has 1 rings (SSSR count). The fourth-order valence-electron chi connectivity index (χ4n) is 2.50. The molecule has 1 heterocycles. The van der Waals surface area contributed by atoms with Gasteiger partial charge in [-0.25, -0.2) is 0 Å². The molecule has 5 nitrogen and oxygen atoms in total. The number of hydrogen-bond acceptors (Lipinski definition) is 3. The van der Waals surface area contributed by atoms with Crippen molar-refractivity contribution >= 4 is 29.9 Å². The number of aliphatic imine (C=N–C) groups is 1. The van der Waals surface area contributed by atoms with E-state index in [0.29, 0.717) is 6.04 Å². The zero-order valence-corrected chi connectivity index (χ0v) is 17.7. The maximum absolute atomic E-state index is 5.18. The SMILES string of the molecule is CN=C(NCCc1c(C)noc1C)NC(C)CCCC(C)C.I. The fourth-order valence-corrected chi connectivity index (χ4v) is 2.50. The first-order valence-corrected chi connectivity index (χ1v) is 8.33. The van der Waals surface area contributed by atoms with Gasteiger partial charge in [0.05, 0.1) is 5.69 Å². The Morgan fingerprint density at radius 2 is 1.91 bits per heavy atom. The van der Waals surface area contributed by atoms with E-state index < -0.39 is 0 Å². The van der Waals surface area contributed by atoms with Crippen LogP contribution in [0, 0.1) is 19.8 Å². The largest absolute Gasteiger partial charge is 0.361 e. The number of aromatic nitrogens is 1. The minimum atomic E-state index is 0. The number of nitrogens with one attached hydrogen (secondary N) is 2. The molecule has 0 spiro atoms. The van der Waals surface area contributed by atoms with E-state index in [0.717, 1.165) is 36.3 Å². The molecular formula is C17H33IN4O. The topological polar surface area (TPSA) is 62.5 Å². The number of hydrogen-bond donors (Lipinski definition) is 2. The summed E-state index contributed by atoms with van der Waals surface area (Å²) in [5.74, 6) is 2.55. The second-order valence-corrected chi connectivity index (χ2v) is 6.42. The Labute approximate surface area is 158 Å². The summed E-state index contributed by atoms with van der Waals surface area (Å²) in [4.78, 5) is 4.29. The lowest BCUT2D eigenvalue weighted by molar-refractivity contribution is 0.392. The third kappa shape index (κ3) is 8.58. The first-order chi connectivity index (χ1) is 10.4. The lowest BCUT2D eigenvalue weighted by Crippen LogP contribution is -2.42. The van der Waals surface area contributed by atoms with Gasteiger partial charge in [0.1, 0.15) is 5.76 Å². The monoisotopic (exact) mass is 436 g/mol. The van der Waals surface area contributed by atoms with Crippen molar-refractivity contribution in [3.63, 3.8) is 0 Å². The second kappa shape index (κ2) is 11.7. The molecule has 0 aliphatic rings. The molecule has 134 valence electrons. The van der Waals surface area contributed by atoms with Crippen LogP contribution in [0.25, 0.3) is 0 Å². The van der Waals surface area contributed by atoms with E-state index >= 15 is 0 Å². The van der Waals surface area contributed by atoms with Crippen LogP contribution in [0.5, 0.6) is 0 Å². The Balaban J connectivity index is 0.00000484. The first-order valence-electron chi connectivity index (χ1n) is 8.33. The van der Waals surface area contributed by atoms with Crippen LogP contribution in [-0.2, 0) is 6.42 Å². The summed E-state index contributed by atoms with van der Waals surface area (Å²) in [6, 6.07) is 0.434. The van der Waals surface area contributed by atoms with Crippen LogP contribution in [0.1, 0.15) is 57.1 Å². The van der Waals surface area contributed by atoms with Crippen molar-refractivity contribution in [2.45, 2.75) is 66.3 Å². The molecule has 0 saturated carbocycles. The highest BCUT2D eigenvalue weighted by Gasteiger charge is 2.09. The van der Waals surface area contributed by atoms with Crippen LogP contribution < -0.4 is 10.6 Å². The van der Waals surface area contributed by atoms with Gasteiger partial charge in [-0.2, -0.15) is 0 Å². The normalized spacial score (nSPS) is 12.9. The zero-order valence-electron chi connectivity index (χ0n) is 15.4. The van der Waals surface area contributed by atoms with E-state index in [1.54, 1.807) is 0 Å². The van der Waals surface area contributed by atoms with E-state index in [4.69, 9.17) is 4.52 Å². The van der Waals surface area contributed by atoms with Crippen LogP contribution in [0.2, 0.25) is 0 Å². The average Bonchev–Trinajstić information content (AvgIpc) is 2.77. The molecular weight excluding hydrogens is 403 g/mol. The summed E-state index contributed by atoms with van der Waals surface area (Å²) in [5.41, 5.74) is 2.16. The van der Waals surface area contributed by atoms with Gasteiger partial charge in [0, 0.05) is 25.2 Å². The maximum Gasteiger partial charge on any atom is 0.191 e. The molecule has 0 bridgehead atoms. The highest BCUT2D eigenvalue weighted by molar-refractivity contribution is 14.0. The average molecular weight is 436 g/mol. The number of halogens is 1. The number of aryl methyl sites for hydroxylation is 2. The summed E-state index contributed by atoms with van der Waals surface area (Å²) in [6.45, 7) is 11.5.